The fourth-order valence-electron chi connectivity index (χ4n) is 1.63. The molecule has 0 saturated carbocycles. The molecule has 7 N–H and O–H groups in total. The molecule has 0 bridgehead atoms. The van der Waals surface area contributed by atoms with E-state index in [1.54, 1.807) is 0 Å². The summed E-state index contributed by atoms with van der Waals surface area (Å²) in [6.07, 6.45) is -8.39. The van der Waals surface area contributed by atoms with E-state index in [1.807, 2.05) is 0 Å². The number of carbonyl (C=O) groups is 3. The van der Waals surface area contributed by atoms with Crippen molar-refractivity contribution in [2.75, 3.05) is 0 Å². The molecule has 0 aliphatic rings. The average molecular weight is 422 g/mol. The van der Waals surface area contributed by atoms with Crippen LogP contribution in [-0.4, -0.2) is 88.2 Å². The van der Waals surface area contributed by atoms with Crippen LogP contribution in [0, 0.1) is 20.2 Å². The summed E-state index contributed by atoms with van der Waals surface area (Å²) in [5, 5.41) is 81.7. The van der Waals surface area contributed by atoms with Gasteiger partial charge < -0.3 is 40.5 Å². The number of nitrogens with zero attached hydrogens (tertiary/aromatic N) is 2. The molecule has 0 spiro atoms. The largest absolute Gasteiger partial charge is 0.501 e. The molecule has 0 heterocycles. The smallest absolute Gasteiger partial charge is 0.340 e. The highest BCUT2D eigenvalue weighted by atomic mass is 16.6. The van der Waals surface area contributed by atoms with Crippen LogP contribution < -0.4 is 0 Å². The van der Waals surface area contributed by atoms with E-state index in [2.05, 4.69) is 0 Å². The Morgan fingerprint density at radius 1 is 0.966 bits per heavy atom. The van der Waals surface area contributed by atoms with Crippen LogP contribution in [0.1, 0.15) is 10.4 Å². The van der Waals surface area contributed by atoms with Gasteiger partial charge in [0.1, 0.15) is 23.9 Å². The second-order valence-corrected chi connectivity index (χ2v) is 5.07. The minimum absolute atomic E-state index is 0.0809. The molecule has 0 aliphatic carbocycles. The topological polar surface area (TPSA) is 279 Å². The number of nitro groups is 2. The van der Waals surface area contributed by atoms with Crippen LogP contribution in [0.3, 0.4) is 0 Å². The van der Waals surface area contributed by atoms with Gasteiger partial charge in [-0.2, -0.15) is 0 Å². The maximum Gasteiger partial charge on any atom is 0.340 e. The number of carbonyl (C=O) groups excluding carboxylic acids is 1. The fraction of sp³-hybridized carbons (Fsp3) is 0.308. The van der Waals surface area contributed by atoms with Crippen molar-refractivity contribution in [1.29, 1.82) is 0 Å². The zero-order valence-electron chi connectivity index (χ0n) is 13.9. The van der Waals surface area contributed by atoms with Crippen molar-refractivity contribution in [3.63, 3.8) is 0 Å². The van der Waals surface area contributed by atoms with Crippen LogP contribution in [0.25, 0.3) is 0 Å². The Morgan fingerprint density at radius 3 is 1.83 bits per heavy atom. The third-order valence-corrected chi connectivity index (χ3v) is 3.13. The summed E-state index contributed by atoms with van der Waals surface area (Å²) in [7, 11) is 0. The summed E-state index contributed by atoms with van der Waals surface area (Å²) in [4.78, 5) is 49.2. The Balaban J connectivity index is 0.000000555. The van der Waals surface area contributed by atoms with Gasteiger partial charge in [0, 0.05) is 6.07 Å². The predicted molar refractivity (Wildman–Crippen MR) is 86.1 cm³/mol. The first-order valence-electron chi connectivity index (χ1n) is 7.05. The molecule has 0 radical (unpaired) electrons. The van der Waals surface area contributed by atoms with Gasteiger partial charge in [-0.25, -0.2) is 9.59 Å². The first-order chi connectivity index (χ1) is 13.3. The van der Waals surface area contributed by atoms with Crippen molar-refractivity contribution in [3.8, 4) is 5.75 Å². The van der Waals surface area contributed by atoms with Crippen LogP contribution in [0.5, 0.6) is 5.75 Å². The number of carboxylic acid groups (broad SMARTS) is 2. The number of benzene rings is 1. The lowest BCUT2D eigenvalue weighted by atomic mass is 10.0. The van der Waals surface area contributed by atoms with E-state index in [9.17, 15) is 39.7 Å². The number of aldehydes is 1. The minimum Gasteiger partial charge on any atom is -0.501 e. The normalized spacial score (nSPS) is 14.3. The van der Waals surface area contributed by atoms with E-state index >= 15 is 0 Å². The third-order valence-electron chi connectivity index (χ3n) is 3.13. The van der Waals surface area contributed by atoms with E-state index in [-0.39, 0.29) is 6.29 Å². The third kappa shape index (κ3) is 6.74. The molecule has 0 aromatic heterocycles. The van der Waals surface area contributed by atoms with Crippen molar-refractivity contribution in [2.24, 2.45) is 0 Å². The zero-order valence-corrected chi connectivity index (χ0v) is 13.9. The molecule has 0 saturated heterocycles. The molecule has 160 valence electrons. The highest BCUT2D eigenvalue weighted by Gasteiger charge is 2.34. The van der Waals surface area contributed by atoms with Crippen LogP contribution in [0.15, 0.2) is 12.1 Å². The molecule has 0 aliphatic heterocycles. The molecule has 4 atom stereocenters. The van der Waals surface area contributed by atoms with Crippen molar-refractivity contribution in [1.82, 2.24) is 0 Å². The van der Waals surface area contributed by atoms with E-state index in [0.29, 0.717) is 12.1 Å². The Morgan fingerprint density at radius 2 is 1.48 bits per heavy atom. The number of non-ortho nitro benzene ring substituents is 1. The SMILES string of the molecule is O=C(O)c1cc([N+](=O)[O-])cc([N+](=O)[O-])c1O.O=CC(O)C(O)C(O)C(O)C(=O)O. The number of hydrogen-bond donors (Lipinski definition) is 7. The number of aromatic carboxylic acids is 1. The Labute approximate surface area is 158 Å². The van der Waals surface area contributed by atoms with Crippen LogP contribution in [0.2, 0.25) is 0 Å². The van der Waals surface area contributed by atoms with Gasteiger partial charge in [-0.05, 0) is 0 Å². The monoisotopic (exact) mass is 422 g/mol. The number of hydrogen-bond acceptors (Lipinski definition) is 12. The van der Waals surface area contributed by atoms with Gasteiger partial charge in [-0.1, -0.05) is 0 Å². The summed E-state index contributed by atoms with van der Waals surface area (Å²) in [5.74, 6) is -4.56. The van der Waals surface area contributed by atoms with E-state index in [1.165, 1.54) is 0 Å². The first-order valence-corrected chi connectivity index (χ1v) is 7.05. The number of aliphatic hydroxyl groups excluding tert-OH is 4. The first kappa shape index (κ1) is 25.3. The average Bonchev–Trinajstić information content (AvgIpc) is 2.65. The Bertz CT molecular complexity index is 774. The summed E-state index contributed by atoms with van der Waals surface area (Å²) in [5.41, 5.74) is -2.69. The van der Waals surface area contributed by atoms with Crippen LogP contribution in [0.4, 0.5) is 11.4 Å². The second-order valence-electron chi connectivity index (χ2n) is 5.07. The van der Waals surface area contributed by atoms with Crippen molar-refractivity contribution >= 4 is 29.6 Å². The molecule has 1 aromatic carbocycles. The molecular weight excluding hydrogens is 408 g/mol. The molecule has 1 rings (SSSR count). The maximum atomic E-state index is 10.6. The van der Waals surface area contributed by atoms with Gasteiger partial charge in [0.05, 0.1) is 15.9 Å². The summed E-state index contributed by atoms with van der Waals surface area (Å²) < 4.78 is 0. The highest BCUT2D eigenvalue weighted by molar-refractivity contribution is 5.93. The Kier molecular flexibility index (Phi) is 9.21. The summed E-state index contributed by atoms with van der Waals surface area (Å²) in [6, 6.07) is 1.03. The van der Waals surface area contributed by atoms with Crippen LogP contribution >= 0.6 is 0 Å². The lowest BCUT2D eigenvalue weighted by Crippen LogP contribution is -2.48. The Hall–Kier alpha value is -3.73. The van der Waals surface area contributed by atoms with Crippen LogP contribution in [-0.2, 0) is 9.59 Å². The van der Waals surface area contributed by atoms with Gasteiger partial charge >= 0.3 is 17.6 Å². The fourth-order valence-corrected chi connectivity index (χ4v) is 1.63. The van der Waals surface area contributed by atoms with Gasteiger partial charge in [-0.3, -0.25) is 20.2 Å². The molecular formula is C13H14N2O14. The van der Waals surface area contributed by atoms with E-state index < -0.39 is 68.9 Å². The quantitative estimate of drug-likeness (QED) is 0.131. The summed E-state index contributed by atoms with van der Waals surface area (Å²) in [6.45, 7) is 0. The molecule has 16 nitrogen and oxygen atoms in total. The number of carboxylic acids is 2. The molecule has 4 unspecified atom stereocenters. The molecule has 16 heteroatoms. The zero-order chi connectivity index (χ0) is 23.0. The van der Waals surface area contributed by atoms with Gasteiger partial charge in [0.25, 0.3) is 5.69 Å². The lowest BCUT2D eigenvalue weighted by Gasteiger charge is -2.21. The van der Waals surface area contributed by atoms with Crippen molar-refractivity contribution < 1.29 is 60.0 Å². The number of aliphatic carboxylic acids is 1. The summed E-state index contributed by atoms with van der Waals surface area (Å²) >= 11 is 0. The molecule has 1 aromatic rings. The standard InChI is InChI=1S/C7H4N2O7.C6H10O7/c10-6-4(7(11)12)1-3(8(13)14)2-5(6)9(15)16;7-1-2(8)3(9)4(10)5(11)6(12)13/h1-2,10H,(H,11,12);1-5,8-11H,(H,12,13). The van der Waals surface area contributed by atoms with Gasteiger partial charge in [0.15, 0.2) is 12.4 Å². The minimum atomic E-state index is -2.25. The van der Waals surface area contributed by atoms with Gasteiger partial charge in [-0.15, -0.1) is 0 Å². The number of nitro benzene ring substituents is 2. The van der Waals surface area contributed by atoms with E-state index in [0.717, 1.165) is 0 Å². The molecule has 29 heavy (non-hydrogen) atoms. The van der Waals surface area contributed by atoms with E-state index in [4.69, 9.17) is 30.6 Å². The predicted octanol–water partition coefficient (Wildman–Crippen LogP) is -2.38. The maximum absolute atomic E-state index is 10.6. The number of aliphatic hydroxyl groups is 4. The number of phenols is 1. The molecule has 0 fully saturated rings. The van der Waals surface area contributed by atoms with Crippen molar-refractivity contribution in [3.05, 3.63) is 37.9 Å². The van der Waals surface area contributed by atoms with Crippen molar-refractivity contribution in [2.45, 2.75) is 24.4 Å². The highest BCUT2D eigenvalue weighted by Crippen LogP contribution is 2.34. The molecule has 0 amide bonds. The van der Waals surface area contributed by atoms with Gasteiger partial charge in [0.2, 0.25) is 5.75 Å². The second kappa shape index (κ2) is 10.6. The number of aromatic hydroxyl groups is 1. The lowest BCUT2D eigenvalue weighted by molar-refractivity contribution is -0.394. The number of rotatable bonds is 8.